The first-order valence-electron chi connectivity index (χ1n) is 6.90. The van der Waals surface area contributed by atoms with Crippen LogP contribution in [0.2, 0.25) is 0 Å². The van der Waals surface area contributed by atoms with E-state index in [1.807, 2.05) is 24.1 Å². The van der Waals surface area contributed by atoms with Crippen molar-refractivity contribution in [3.63, 3.8) is 0 Å². The lowest BCUT2D eigenvalue weighted by Crippen LogP contribution is -2.22. The van der Waals surface area contributed by atoms with Crippen LogP contribution < -0.4 is 10.2 Å². The molecular weight excluding hydrogens is 252 g/mol. The molecule has 0 saturated heterocycles. The molecule has 2 aromatic heterocycles. The van der Waals surface area contributed by atoms with Crippen LogP contribution in [-0.2, 0) is 13.1 Å². The molecule has 5 nitrogen and oxygen atoms in total. The first-order chi connectivity index (χ1) is 9.65. The van der Waals surface area contributed by atoms with Crippen molar-refractivity contribution >= 4 is 5.82 Å². The Morgan fingerprint density at radius 1 is 1.35 bits per heavy atom. The standard InChI is InChI=1S/C15H22N4O/c1-12(2)7-16-8-13-9-17-10-15(18-13)19(3)11-14-5-4-6-20-14/h4-6,9-10,12,16H,7-8,11H2,1-3H3. The minimum absolute atomic E-state index is 0.632. The Morgan fingerprint density at radius 3 is 2.90 bits per heavy atom. The number of anilines is 1. The van der Waals surface area contributed by atoms with Crippen molar-refractivity contribution < 1.29 is 4.42 Å². The highest BCUT2D eigenvalue weighted by Gasteiger charge is 2.07. The molecule has 0 bridgehead atoms. The zero-order valence-electron chi connectivity index (χ0n) is 12.3. The molecule has 108 valence electrons. The van der Waals surface area contributed by atoms with Crippen LogP contribution in [0.3, 0.4) is 0 Å². The molecule has 0 saturated carbocycles. The van der Waals surface area contributed by atoms with E-state index in [0.717, 1.165) is 30.4 Å². The van der Waals surface area contributed by atoms with Crippen molar-refractivity contribution in [2.45, 2.75) is 26.9 Å². The molecule has 20 heavy (non-hydrogen) atoms. The highest BCUT2D eigenvalue weighted by atomic mass is 16.3. The molecule has 0 spiro atoms. The lowest BCUT2D eigenvalue weighted by Gasteiger charge is -2.17. The largest absolute Gasteiger partial charge is 0.467 e. The van der Waals surface area contributed by atoms with Gasteiger partial charge in [-0.15, -0.1) is 0 Å². The maximum atomic E-state index is 5.34. The van der Waals surface area contributed by atoms with Gasteiger partial charge in [0.1, 0.15) is 11.6 Å². The Balaban J connectivity index is 1.94. The average molecular weight is 274 g/mol. The predicted octanol–water partition coefficient (Wildman–Crippen LogP) is 2.45. The Morgan fingerprint density at radius 2 is 2.20 bits per heavy atom. The van der Waals surface area contributed by atoms with Crippen LogP contribution in [0.15, 0.2) is 35.2 Å². The summed E-state index contributed by atoms with van der Waals surface area (Å²) in [6.45, 7) is 6.78. The van der Waals surface area contributed by atoms with Crippen LogP contribution in [0, 0.1) is 5.92 Å². The van der Waals surface area contributed by atoms with Crippen molar-refractivity contribution in [1.29, 1.82) is 0 Å². The van der Waals surface area contributed by atoms with Gasteiger partial charge in [0.05, 0.1) is 24.7 Å². The third-order valence-corrected chi connectivity index (χ3v) is 2.89. The Hall–Kier alpha value is -1.88. The number of nitrogens with zero attached hydrogens (tertiary/aromatic N) is 3. The van der Waals surface area contributed by atoms with E-state index in [4.69, 9.17) is 4.42 Å². The van der Waals surface area contributed by atoms with Gasteiger partial charge >= 0.3 is 0 Å². The van der Waals surface area contributed by atoms with Crippen LogP contribution in [-0.4, -0.2) is 23.6 Å². The first kappa shape index (κ1) is 14.5. The fourth-order valence-corrected chi connectivity index (χ4v) is 1.87. The van der Waals surface area contributed by atoms with E-state index >= 15 is 0 Å². The molecular formula is C15H22N4O. The van der Waals surface area contributed by atoms with Gasteiger partial charge in [-0.3, -0.25) is 4.98 Å². The van der Waals surface area contributed by atoms with Crippen LogP contribution in [0.4, 0.5) is 5.82 Å². The quantitative estimate of drug-likeness (QED) is 0.840. The van der Waals surface area contributed by atoms with Gasteiger partial charge in [0.2, 0.25) is 0 Å². The van der Waals surface area contributed by atoms with Crippen LogP contribution in [0.25, 0.3) is 0 Å². The predicted molar refractivity (Wildman–Crippen MR) is 79.4 cm³/mol. The summed E-state index contributed by atoms with van der Waals surface area (Å²) in [6.07, 6.45) is 5.26. The lowest BCUT2D eigenvalue weighted by molar-refractivity contribution is 0.506. The zero-order valence-corrected chi connectivity index (χ0v) is 12.3. The smallest absolute Gasteiger partial charge is 0.147 e. The SMILES string of the molecule is CC(C)CNCc1cncc(N(C)Cc2ccco2)n1. The van der Waals surface area contributed by atoms with E-state index in [1.54, 1.807) is 18.7 Å². The summed E-state index contributed by atoms with van der Waals surface area (Å²) < 4.78 is 5.34. The Labute approximate surface area is 120 Å². The van der Waals surface area contributed by atoms with Crippen LogP contribution in [0.5, 0.6) is 0 Å². The van der Waals surface area contributed by atoms with E-state index < -0.39 is 0 Å². The molecule has 5 heteroatoms. The minimum Gasteiger partial charge on any atom is -0.467 e. The molecule has 0 atom stereocenters. The molecule has 0 radical (unpaired) electrons. The summed E-state index contributed by atoms with van der Waals surface area (Å²) in [6, 6.07) is 3.85. The second-order valence-electron chi connectivity index (χ2n) is 5.33. The van der Waals surface area contributed by atoms with Gasteiger partial charge in [-0.25, -0.2) is 4.98 Å². The molecule has 0 unspecified atom stereocenters. The molecule has 0 aliphatic carbocycles. The molecule has 0 amide bonds. The molecule has 2 aromatic rings. The maximum absolute atomic E-state index is 5.34. The van der Waals surface area contributed by atoms with Crippen molar-refractivity contribution in [3.8, 4) is 0 Å². The van der Waals surface area contributed by atoms with E-state index in [1.165, 1.54) is 0 Å². The summed E-state index contributed by atoms with van der Waals surface area (Å²) in [7, 11) is 1.98. The van der Waals surface area contributed by atoms with Gasteiger partial charge in [-0.1, -0.05) is 13.8 Å². The van der Waals surface area contributed by atoms with Crippen molar-refractivity contribution in [2.75, 3.05) is 18.5 Å². The monoisotopic (exact) mass is 274 g/mol. The number of furan rings is 1. The van der Waals surface area contributed by atoms with E-state index in [0.29, 0.717) is 12.5 Å². The van der Waals surface area contributed by atoms with E-state index in [9.17, 15) is 0 Å². The highest BCUT2D eigenvalue weighted by molar-refractivity contribution is 5.35. The Kier molecular flexibility index (Phi) is 5.12. The maximum Gasteiger partial charge on any atom is 0.147 e. The molecule has 0 aliphatic heterocycles. The fourth-order valence-electron chi connectivity index (χ4n) is 1.87. The van der Waals surface area contributed by atoms with Gasteiger partial charge in [0.15, 0.2) is 0 Å². The highest BCUT2D eigenvalue weighted by Crippen LogP contribution is 2.12. The summed E-state index contributed by atoms with van der Waals surface area (Å²) in [5, 5.41) is 3.37. The summed E-state index contributed by atoms with van der Waals surface area (Å²) in [5.74, 6) is 2.40. The van der Waals surface area contributed by atoms with Gasteiger partial charge < -0.3 is 14.6 Å². The molecule has 0 fully saturated rings. The van der Waals surface area contributed by atoms with Gasteiger partial charge in [0.25, 0.3) is 0 Å². The number of rotatable bonds is 7. The molecule has 0 aromatic carbocycles. The number of hydrogen-bond acceptors (Lipinski definition) is 5. The second-order valence-corrected chi connectivity index (χ2v) is 5.33. The third kappa shape index (κ3) is 4.35. The lowest BCUT2D eigenvalue weighted by atomic mass is 10.2. The zero-order chi connectivity index (χ0) is 14.4. The van der Waals surface area contributed by atoms with Crippen molar-refractivity contribution in [2.24, 2.45) is 5.92 Å². The molecule has 0 aliphatic rings. The Bertz CT molecular complexity index is 510. The number of nitrogens with one attached hydrogen (secondary N) is 1. The first-order valence-corrected chi connectivity index (χ1v) is 6.90. The summed E-state index contributed by atoms with van der Waals surface area (Å²) >= 11 is 0. The third-order valence-electron chi connectivity index (χ3n) is 2.89. The molecule has 2 heterocycles. The fraction of sp³-hybridized carbons (Fsp3) is 0.467. The van der Waals surface area contributed by atoms with E-state index in [-0.39, 0.29) is 0 Å². The van der Waals surface area contributed by atoms with Crippen LogP contribution in [0.1, 0.15) is 25.3 Å². The molecule has 2 rings (SSSR count). The van der Waals surface area contributed by atoms with Gasteiger partial charge in [-0.2, -0.15) is 0 Å². The van der Waals surface area contributed by atoms with Crippen molar-refractivity contribution in [1.82, 2.24) is 15.3 Å². The second kappa shape index (κ2) is 7.05. The molecule has 1 N–H and O–H groups in total. The summed E-state index contributed by atoms with van der Waals surface area (Å²) in [4.78, 5) is 10.9. The van der Waals surface area contributed by atoms with Crippen LogP contribution >= 0.6 is 0 Å². The topological polar surface area (TPSA) is 54.2 Å². The minimum atomic E-state index is 0.632. The number of hydrogen-bond donors (Lipinski definition) is 1. The number of aromatic nitrogens is 2. The van der Waals surface area contributed by atoms with Gasteiger partial charge in [-0.05, 0) is 24.6 Å². The van der Waals surface area contributed by atoms with Gasteiger partial charge in [0, 0.05) is 19.8 Å². The van der Waals surface area contributed by atoms with E-state index in [2.05, 4.69) is 29.1 Å². The average Bonchev–Trinajstić information content (AvgIpc) is 2.91. The summed E-state index contributed by atoms with van der Waals surface area (Å²) in [5.41, 5.74) is 0.953. The normalized spacial score (nSPS) is 11.0. The van der Waals surface area contributed by atoms with Crippen molar-refractivity contribution in [3.05, 3.63) is 42.2 Å².